The van der Waals surface area contributed by atoms with E-state index in [-0.39, 0.29) is 35.4 Å². The van der Waals surface area contributed by atoms with Gasteiger partial charge >= 0.3 is 0 Å². The van der Waals surface area contributed by atoms with E-state index in [0.29, 0.717) is 31.7 Å². The van der Waals surface area contributed by atoms with Crippen LogP contribution >= 0.6 is 12.4 Å². The van der Waals surface area contributed by atoms with Gasteiger partial charge in [-0.05, 0) is 38.1 Å². The van der Waals surface area contributed by atoms with Gasteiger partial charge in [0.1, 0.15) is 0 Å². The van der Waals surface area contributed by atoms with Crippen molar-refractivity contribution in [3.63, 3.8) is 0 Å². The number of sulfonamides is 1. The first-order chi connectivity index (χ1) is 11.9. The number of carbonyl (C=O) groups is 1. The first-order valence-corrected chi connectivity index (χ1v) is 10.1. The molecule has 1 amide bonds. The number of morpholine rings is 1. The van der Waals surface area contributed by atoms with E-state index in [1.807, 2.05) is 13.8 Å². The van der Waals surface area contributed by atoms with Crippen LogP contribution in [0, 0.1) is 0 Å². The topological polar surface area (TPSA) is 79.0 Å². The Labute approximate surface area is 161 Å². The maximum atomic E-state index is 12.8. The van der Waals surface area contributed by atoms with Crippen LogP contribution in [0.2, 0.25) is 0 Å². The van der Waals surface area contributed by atoms with Gasteiger partial charge in [-0.15, -0.1) is 12.4 Å². The van der Waals surface area contributed by atoms with Crippen LogP contribution in [0.25, 0.3) is 0 Å². The molecule has 0 aromatic heterocycles. The first-order valence-electron chi connectivity index (χ1n) is 8.63. The molecule has 0 saturated carbocycles. The van der Waals surface area contributed by atoms with Crippen LogP contribution in [0.1, 0.15) is 24.2 Å². The van der Waals surface area contributed by atoms with Crippen molar-refractivity contribution in [1.29, 1.82) is 0 Å². The summed E-state index contributed by atoms with van der Waals surface area (Å²) in [6.45, 7) is 7.32. The monoisotopic (exact) mass is 403 g/mol. The summed E-state index contributed by atoms with van der Waals surface area (Å²) < 4.78 is 32.7. The second kappa shape index (κ2) is 8.67. The summed E-state index contributed by atoms with van der Waals surface area (Å²) in [6.07, 6.45) is -0.265. The Balaban J connectivity index is 0.00000243. The molecular formula is C17H26ClN3O4S. The van der Waals surface area contributed by atoms with Crippen LogP contribution in [0.5, 0.6) is 0 Å². The van der Waals surface area contributed by atoms with Crippen molar-refractivity contribution < 1.29 is 17.9 Å². The molecule has 2 aliphatic heterocycles. The average molecular weight is 404 g/mol. The second-order valence-electron chi connectivity index (χ2n) is 6.65. The summed E-state index contributed by atoms with van der Waals surface area (Å²) >= 11 is 0. The van der Waals surface area contributed by atoms with Gasteiger partial charge in [0.25, 0.3) is 5.91 Å². The molecule has 2 saturated heterocycles. The number of hydrogen-bond donors (Lipinski definition) is 1. The van der Waals surface area contributed by atoms with E-state index in [4.69, 9.17) is 4.74 Å². The van der Waals surface area contributed by atoms with Crippen LogP contribution in [0.15, 0.2) is 29.2 Å². The predicted octanol–water partition coefficient (Wildman–Crippen LogP) is 0.952. The molecule has 26 heavy (non-hydrogen) atoms. The molecule has 2 unspecified atom stereocenters. The third-order valence-corrected chi connectivity index (χ3v) is 6.38. The van der Waals surface area contributed by atoms with Gasteiger partial charge in [-0.3, -0.25) is 4.79 Å². The molecule has 1 N–H and O–H groups in total. The standard InChI is InChI=1S/C17H25N3O4S.ClH/c1-13-11-20(12-14(2)24-13)25(22,23)16-5-3-15(4-6-16)17(21)19-9-7-18-8-10-19;/h3-6,13-14,18H,7-12H2,1-2H3;1H. The maximum Gasteiger partial charge on any atom is 0.253 e. The molecule has 2 aliphatic rings. The zero-order valence-electron chi connectivity index (χ0n) is 15.1. The summed E-state index contributed by atoms with van der Waals surface area (Å²) in [5.41, 5.74) is 0.518. The number of hydrogen-bond acceptors (Lipinski definition) is 5. The van der Waals surface area contributed by atoms with Crippen molar-refractivity contribution in [1.82, 2.24) is 14.5 Å². The van der Waals surface area contributed by atoms with Crippen molar-refractivity contribution >= 4 is 28.3 Å². The number of halogens is 1. The molecule has 2 heterocycles. The summed E-state index contributed by atoms with van der Waals surface area (Å²) in [7, 11) is -3.58. The van der Waals surface area contributed by atoms with E-state index >= 15 is 0 Å². The van der Waals surface area contributed by atoms with Gasteiger partial charge < -0.3 is 15.0 Å². The first kappa shape index (κ1) is 21.1. The molecule has 0 bridgehead atoms. The van der Waals surface area contributed by atoms with Gasteiger partial charge in [0.2, 0.25) is 10.0 Å². The van der Waals surface area contributed by atoms with Crippen LogP contribution in [0.3, 0.4) is 0 Å². The number of piperazine rings is 1. The number of ether oxygens (including phenoxy) is 1. The van der Waals surface area contributed by atoms with E-state index in [1.54, 1.807) is 17.0 Å². The molecule has 1 aromatic carbocycles. The molecule has 2 fully saturated rings. The lowest BCUT2D eigenvalue weighted by Crippen LogP contribution is -2.48. The molecule has 7 nitrogen and oxygen atoms in total. The molecule has 3 rings (SSSR count). The van der Waals surface area contributed by atoms with Crippen LogP contribution in [-0.4, -0.2) is 75.0 Å². The Kier molecular flexibility index (Phi) is 7.04. The summed E-state index contributed by atoms with van der Waals surface area (Å²) in [4.78, 5) is 14.5. The van der Waals surface area contributed by atoms with Gasteiger partial charge in [0.15, 0.2) is 0 Å². The molecule has 9 heteroatoms. The molecule has 0 aliphatic carbocycles. The number of rotatable bonds is 3. The highest BCUT2D eigenvalue weighted by molar-refractivity contribution is 7.89. The molecule has 1 aromatic rings. The fourth-order valence-electron chi connectivity index (χ4n) is 3.30. The van der Waals surface area contributed by atoms with E-state index in [9.17, 15) is 13.2 Å². The van der Waals surface area contributed by atoms with Crippen molar-refractivity contribution in [2.24, 2.45) is 0 Å². The van der Waals surface area contributed by atoms with E-state index in [0.717, 1.165) is 13.1 Å². The lowest BCUT2D eigenvalue weighted by molar-refractivity contribution is -0.0440. The third kappa shape index (κ3) is 4.55. The van der Waals surface area contributed by atoms with Crippen molar-refractivity contribution in [3.8, 4) is 0 Å². The lowest BCUT2D eigenvalue weighted by Gasteiger charge is -2.34. The van der Waals surface area contributed by atoms with Crippen LogP contribution in [-0.2, 0) is 14.8 Å². The maximum absolute atomic E-state index is 12.8. The fraction of sp³-hybridized carbons (Fsp3) is 0.588. The fourth-order valence-corrected chi connectivity index (χ4v) is 4.89. The summed E-state index contributed by atoms with van der Waals surface area (Å²) in [5.74, 6) is -0.0564. The Morgan fingerprint density at radius 2 is 1.62 bits per heavy atom. The smallest absolute Gasteiger partial charge is 0.253 e. The largest absolute Gasteiger partial charge is 0.373 e. The van der Waals surface area contributed by atoms with Crippen LogP contribution in [0.4, 0.5) is 0 Å². The minimum absolute atomic E-state index is 0. The Morgan fingerprint density at radius 1 is 1.08 bits per heavy atom. The van der Waals surface area contributed by atoms with E-state index < -0.39 is 10.0 Å². The van der Waals surface area contributed by atoms with Gasteiger partial charge in [-0.25, -0.2) is 8.42 Å². The molecular weight excluding hydrogens is 378 g/mol. The SMILES string of the molecule is CC1CN(S(=O)(=O)c2ccc(C(=O)N3CCNCC3)cc2)CC(C)O1.Cl. The zero-order valence-corrected chi connectivity index (χ0v) is 16.7. The van der Waals surface area contributed by atoms with E-state index in [1.165, 1.54) is 16.4 Å². The number of carbonyl (C=O) groups excluding carboxylic acids is 1. The number of nitrogens with zero attached hydrogens (tertiary/aromatic N) is 2. The van der Waals surface area contributed by atoms with E-state index in [2.05, 4.69) is 5.32 Å². The molecule has 0 spiro atoms. The van der Waals surface area contributed by atoms with Gasteiger partial charge in [-0.1, -0.05) is 0 Å². The van der Waals surface area contributed by atoms with Gasteiger partial charge in [0, 0.05) is 44.8 Å². The average Bonchev–Trinajstić information content (AvgIpc) is 2.61. The van der Waals surface area contributed by atoms with Crippen molar-refractivity contribution in [2.75, 3.05) is 39.3 Å². The Morgan fingerprint density at radius 3 is 2.15 bits per heavy atom. The highest BCUT2D eigenvalue weighted by Crippen LogP contribution is 2.21. The number of nitrogens with one attached hydrogen (secondary N) is 1. The van der Waals surface area contributed by atoms with Gasteiger partial charge in [0.05, 0.1) is 17.1 Å². The Hall–Kier alpha value is -1.19. The highest BCUT2D eigenvalue weighted by atomic mass is 35.5. The second-order valence-corrected chi connectivity index (χ2v) is 8.58. The Bertz CT molecular complexity index is 710. The van der Waals surface area contributed by atoms with Crippen molar-refractivity contribution in [3.05, 3.63) is 29.8 Å². The third-order valence-electron chi connectivity index (χ3n) is 4.53. The molecule has 146 valence electrons. The minimum Gasteiger partial charge on any atom is -0.373 e. The molecule has 2 atom stereocenters. The summed E-state index contributed by atoms with van der Waals surface area (Å²) in [5, 5.41) is 3.20. The normalized spacial score (nSPS) is 24.8. The van der Waals surface area contributed by atoms with Crippen LogP contribution < -0.4 is 5.32 Å². The number of benzene rings is 1. The lowest BCUT2D eigenvalue weighted by atomic mass is 10.2. The molecule has 0 radical (unpaired) electrons. The summed E-state index contributed by atoms with van der Waals surface area (Å²) in [6, 6.07) is 6.25. The zero-order chi connectivity index (χ0) is 18.0. The van der Waals surface area contributed by atoms with Gasteiger partial charge in [-0.2, -0.15) is 4.31 Å². The predicted molar refractivity (Wildman–Crippen MR) is 101 cm³/mol. The minimum atomic E-state index is -3.58. The highest BCUT2D eigenvalue weighted by Gasteiger charge is 2.32. The van der Waals surface area contributed by atoms with Crippen molar-refractivity contribution in [2.45, 2.75) is 31.0 Å². The quantitative estimate of drug-likeness (QED) is 0.813. The number of amides is 1.